The summed E-state index contributed by atoms with van der Waals surface area (Å²) >= 11 is 0. The van der Waals surface area contributed by atoms with Gasteiger partial charge in [0.25, 0.3) is 11.7 Å². The Kier molecular flexibility index (Phi) is 5.92. The zero-order valence-electron chi connectivity index (χ0n) is 19.0. The predicted molar refractivity (Wildman–Crippen MR) is 127 cm³/mol. The summed E-state index contributed by atoms with van der Waals surface area (Å²) in [6, 6.07) is 19.0. The minimum Gasteiger partial charge on any atom is -0.507 e. The van der Waals surface area contributed by atoms with E-state index in [2.05, 4.69) is 0 Å². The maximum Gasteiger partial charge on any atom is 0.300 e. The first kappa shape index (κ1) is 22.1. The Morgan fingerprint density at radius 2 is 1.58 bits per heavy atom. The zero-order chi connectivity index (χ0) is 23.7. The molecule has 0 bridgehead atoms. The zero-order valence-corrected chi connectivity index (χ0v) is 19.0. The lowest BCUT2D eigenvalue weighted by Crippen LogP contribution is -2.29. The van der Waals surface area contributed by atoms with Crippen LogP contribution in [0.1, 0.15) is 28.3 Å². The Balaban J connectivity index is 1.97. The third kappa shape index (κ3) is 3.96. The lowest BCUT2D eigenvalue weighted by atomic mass is 9.93. The van der Waals surface area contributed by atoms with Crippen LogP contribution in [0.25, 0.3) is 5.76 Å². The molecule has 1 heterocycles. The molecule has 1 fully saturated rings. The van der Waals surface area contributed by atoms with E-state index in [1.165, 1.54) is 12.0 Å². The normalized spacial score (nSPS) is 17.3. The highest BCUT2D eigenvalue weighted by molar-refractivity contribution is 6.51. The Bertz CT molecular complexity index is 1260. The van der Waals surface area contributed by atoms with Crippen molar-refractivity contribution in [3.05, 3.63) is 94.6 Å². The van der Waals surface area contributed by atoms with Gasteiger partial charge in [0, 0.05) is 5.69 Å². The van der Waals surface area contributed by atoms with Gasteiger partial charge in [-0.05, 0) is 55.8 Å². The third-order valence-electron chi connectivity index (χ3n) is 5.76. The van der Waals surface area contributed by atoms with Crippen molar-refractivity contribution in [2.75, 3.05) is 19.1 Å². The number of rotatable bonds is 5. The number of ketones is 1. The molecule has 1 atom stereocenters. The number of carbonyl (C=O) groups excluding carboxylic acids is 2. The second-order valence-electron chi connectivity index (χ2n) is 7.98. The van der Waals surface area contributed by atoms with Gasteiger partial charge in [0.15, 0.2) is 0 Å². The van der Waals surface area contributed by atoms with Crippen molar-refractivity contribution in [3.63, 3.8) is 0 Å². The summed E-state index contributed by atoms with van der Waals surface area (Å²) < 4.78 is 10.6. The minimum atomic E-state index is -0.802. The number of aliphatic hydroxyl groups excluding tert-OH is 1. The topological polar surface area (TPSA) is 76.1 Å². The molecule has 0 aromatic heterocycles. The van der Waals surface area contributed by atoms with Gasteiger partial charge in [-0.2, -0.15) is 0 Å². The van der Waals surface area contributed by atoms with Gasteiger partial charge >= 0.3 is 0 Å². The van der Waals surface area contributed by atoms with E-state index in [0.29, 0.717) is 22.7 Å². The number of anilines is 1. The summed E-state index contributed by atoms with van der Waals surface area (Å²) in [4.78, 5) is 28.0. The molecule has 1 saturated heterocycles. The number of hydrogen-bond acceptors (Lipinski definition) is 5. The van der Waals surface area contributed by atoms with Crippen LogP contribution in [-0.2, 0) is 9.59 Å². The van der Waals surface area contributed by atoms with Gasteiger partial charge < -0.3 is 14.6 Å². The SMILES string of the molecule is COc1ccc(N2C(=O)C(=O)/C(=C(/O)c3cc(C)ccc3OC)C2c2cccc(C)c2)cc1. The Hall–Kier alpha value is -4.06. The summed E-state index contributed by atoms with van der Waals surface area (Å²) in [7, 11) is 3.05. The van der Waals surface area contributed by atoms with Crippen LogP contribution in [0.4, 0.5) is 5.69 Å². The van der Waals surface area contributed by atoms with Gasteiger partial charge in [-0.3, -0.25) is 14.5 Å². The highest BCUT2D eigenvalue weighted by atomic mass is 16.5. The van der Waals surface area contributed by atoms with Gasteiger partial charge in [-0.25, -0.2) is 0 Å². The fourth-order valence-electron chi connectivity index (χ4n) is 4.15. The summed E-state index contributed by atoms with van der Waals surface area (Å²) in [5.74, 6) is -0.682. The average molecular weight is 443 g/mol. The lowest BCUT2D eigenvalue weighted by molar-refractivity contribution is -0.132. The van der Waals surface area contributed by atoms with E-state index in [9.17, 15) is 14.7 Å². The lowest BCUT2D eigenvalue weighted by Gasteiger charge is -2.26. The molecule has 33 heavy (non-hydrogen) atoms. The summed E-state index contributed by atoms with van der Waals surface area (Å²) in [6.07, 6.45) is 0. The molecule has 168 valence electrons. The van der Waals surface area contributed by atoms with Crippen LogP contribution in [-0.4, -0.2) is 31.0 Å². The van der Waals surface area contributed by atoms with E-state index < -0.39 is 17.7 Å². The van der Waals surface area contributed by atoms with Crippen molar-refractivity contribution >= 4 is 23.1 Å². The number of aryl methyl sites for hydroxylation is 2. The van der Waals surface area contributed by atoms with Crippen molar-refractivity contribution in [3.8, 4) is 11.5 Å². The molecule has 0 spiro atoms. The molecule has 1 amide bonds. The summed E-state index contributed by atoms with van der Waals surface area (Å²) in [5.41, 5.74) is 3.49. The number of amides is 1. The van der Waals surface area contributed by atoms with Crippen molar-refractivity contribution in [2.45, 2.75) is 19.9 Å². The number of aliphatic hydroxyl groups is 1. The Morgan fingerprint density at radius 3 is 2.21 bits per heavy atom. The second-order valence-corrected chi connectivity index (χ2v) is 7.98. The second kappa shape index (κ2) is 8.82. The van der Waals surface area contributed by atoms with Crippen LogP contribution in [0.3, 0.4) is 0 Å². The summed E-state index contributed by atoms with van der Waals surface area (Å²) in [6.45, 7) is 3.82. The maximum atomic E-state index is 13.3. The summed E-state index contributed by atoms with van der Waals surface area (Å²) in [5, 5.41) is 11.4. The van der Waals surface area contributed by atoms with E-state index in [-0.39, 0.29) is 11.3 Å². The van der Waals surface area contributed by atoms with E-state index in [4.69, 9.17) is 9.47 Å². The molecule has 1 aliphatic rings. The van der Waals surface area contributed by atoms with Crippen LogP contribution < -0.4 is 14.4 Å². The van der Waals surface area contributed by atoms with E-state index in [0.717, 1.165) is 16.7 Å². The number of benzene rings is 3. The van der Waals surface area contributed by atoms with Gasteiger partial charge in [-0.15, -0.1) is 0 Å². The molecule has 6 nitrogen and oxygen atoms in total. The molecule has 0 aliphatic carbocycles. The van der Waals surface area contributed by atoms with Crippen molar-refractivity contribution in [2.24, 2.45) is 0 Å². The van der Waals surface area contributed by atoms with Crippen molar-refractivity contribution in [1.29, 1.82) is 0 Å². The molecule has 3 aromatic carbocycles. The molecular formula is C27H25NO5. The van der Waals surface area contributed by atoms with Crippen molar-refractivity contribution in [1.82, 2.24) is 0 Å². The van der Waals surface area contributed by atoms with Crippen LogP contribution in [0, 0.1) is 13.8 Å². The monoisotopic (exact) mass is 443 g/mol. The number of Topliss-reactive ketones (excluding diaryl/α,β-unsaturated/α-hetero) is 1. The van der Waals surface area contributed by atoms with Crippen LogP contribution in [0.5, 0.6) is 11.5 Å². The smallest absolute Gasteiger partial charge is 0.300 e. The van der Waals surface area contributed by atoms with Gasteiger partial charge in [0.2, 0.25) is 0 Å². The highest BCUT2D eigenvalue weighted by Gasteiger charge is 2.47. The molecule has 1 aliphatic heterocycles. The number of nitrogens with zero attached hydrogens (tertiary/aromatic N) is 1. The van der Waals surface area contributed by atoms with Gasteiger partial charge in [0.1, 0.15) is 17.3 Å². The largest absolute Gasteiger partial charge is 0.507 e. The predicted octanol–water partition coefficient (Wildman–Crippen LogP) is 4.95. The van der Waals surface area contributed by atoms with Crippen LogP contribution in [0.2, 0.25) is 0 Å². The molecule has 4 rings (SSSR count). The van der Waals surface area contributed by atoms with Gasteiger partial charge in [0.05, 0.1) is 31.4 Å². The van der Waals surface area contributed by atoms with Crippen LogP contribution >= 0.6 is 0 Å². The number of hydrogen-bond donors (Lipinski definition) is 1. The molecule has 0 radical (unpaired) electrons. The molecule has 1 N–H and O–H groups in total. The number of ether oxygens (including phenoxy) is 2. The van der Waals surface area contributed by atoms with Crippen molar-refractivity contribution < 1.29 is 24.2 Å². The first-order valence-corrected chi connectivity index (χ1v) is 10.5. The Labute approximate surface area is 192 Å². The first-order valence-electron chi connectivity index (χ1n) is 10.5. The number of carbonyl (C=O) groups is 2. The maximum absolute atomic E-state index is 13.3. The van der Waals surface area contributed by atoms with E-state index in [1.807, 2.05) is 44.2 Å². The standard InChI is InChI=1S/C27H25NO5/c1-16-6-5-7-18(14-16)24-23(25(29)21-15-17(2)8-13-22(21)33-4)26(30)27(31)28(24)19-9-11-20(32-3)12-10-19/h5-15,24,29H,1-4H3/b25-23+. The molecular weight excluding hydrogens is 418 g/mol. The third-order valence-corrected chi connectivity index (χ3v) is 5.76. The van der Waals surface area contributed by atoms with Crippen LogP contribution in [0.15, 0.2) is 72.3 Å². The quantitative estimate of drug-likeness (QED) is 0.343. The molecule has 6 heteroatoms. The van der Waals surface area contributed by atoms with E-state index in [1.54, 1.807) is 43.5 Å². The highest BCUT2D eigenvalue weighted by Crippen LogP contribution is 2.43. The number of methoxy groups -OCH3 is 2. The molecule has 1 unspecified atom stereocenters. The molecule has 0 saturated carbocycles. The average Bonchev–Trinajstić information content (AvgIpc) is 3.09. The Morgan fingerprint density at radius 1 is 0.879 bits per heavy atom. The fraction of sp³-hybridized carbons (Fsp3) is 0.185. The molecule has 3 aromatic rings. The van der Waals surface area contributed by atoms with E-state index >= 15 is 0 Å². The van der Waals surface area contributed by atoms with Gasteiger partial charge in [-0.1, -0.05) is 41.5 Å². The minimum absolute atomic E-state index is 0.0188. The fourth-order valence-corrected chi connectivity index (χ4v) is 4.15. The first-order chi connectivity index (χ1) is 15.8.